The van der Waals surface area contributed by atoms with Gasteiger partial charge in [-0.3, -0.25) is 4.79 Å². The lowest BCUT2D eigenvalue weighted by Crippen LogP contribution is -2.28. The van der Waals surface area contributed by atoms with Crippen LogP contribution in [0, 0.1) is 6.92 Å². The number of methoxy groups -OCH3 is 1. The molecule has 27 heavy (non-hydrogen) atoms. The van der Waals surface area contributed by atoms with Crippen molar-refractivity contribution in [3.8, 4) is 5.75 Å². The first kappa shape index (κ1) is 19.1. The minimum Gasteiger partial charge on any atom is -0.497 e. The lowest BCUT2D eigenvalue weighted by atomic mass is 10.1. The molecule has 0 unspecified atom stereocenters. The summed E-state index contributed by atoms with van der Waals surface area (Å²) in [4.78, 5) is 15.1. The summed E-state index contributed by atoms with van der Waals surface area (Å²) in [6, 6.07) is 14.6. The van der Waals surface area contributed by atoms with Gasteiger partial charge in [0.15, 0.2) is 0 Å². The van der Waals surface area contributed by atoms with E-state index in [0.717, 1.165) is 16.5 Å². The van der Waals surface area contributed by atoms with Gasteiger partial charge in [-0.05, 0) is 42.5 Å². The first-order valence-corrected chi connectivity index (χ1v) is 10.2. The van der Waals surface area contributed by atoms with E-state index in [0.29, 0.717) is 23.3 Å². The zero-order chi connectivity index (χ0) is 19.4. The summed E-state index contributed by atoms with van der Waals surface area (Å²) in [5.74, 6) is 0.580. The highest BCUT2D eigenvalue weighted by Crippen LogP contribution is 2.18. The van der Waals surface area contributed by atoms with Crippen LogP contribution in [0.5, 0.6) is 5.75 Å². The number of hydrogen-bond donors (Lipinski definition) is 2. The Morgan fingerprint density at radius 1 is 1.07 bits per heavy atom. The summed E-state index contributed by atoms with van der Waals surface area (Å²) in [7, 11) is -1.89. The van der Waals surface area contributed by atoms with Crippen molar-refractivity contribution in [3.05, 3.63) is 75.6 Å². The Kier molecular flexibility index (Phi) is 5.62. The molecule has 142 valence electrons. The third kappa shape index (κ3) is 4.96. The Balaban J connectivity index is 1.66. The summed E-state index contributed by atoms with van der Waals surface area (Å²) in [5, 5.41) is 0.868. The molecule has 0 spiro atoms. The van der Waals surface area contributed by atoms with Gasteiger partial charge >= 0.3 is 0 Å². The van der Waals surface area contributed by atoms with E-state index in [1.807, 2.05) is 31.2 Å². The Morgan fingerprint density at radius 2 is 1.81 bits per heavy atom. The molecule has 0 aliphatic rings. The number of sulfonamides is 1. The maximum Gasteiger partial charge on any atom is 0.251 e. The quantitative estimate of drug-likeness (QED) is 0.653. The summed E-state index contributed by atoms with van der Waals surface area (Å²) in [6.07, 6.45) is 0.310. The van der Waals surface area contributed by atoms with Gasteiger partial charge < -0.3 is 9.72 Å². The second-order valence-corrected chi connectivity index (χ2v) is 8.27. The number of aromatic amines is 1. The fourth-order valence-electron chi connectivity index (χ4n) is 2.83. The molecule has 2 N–H and O–H groups in total. The second-order valence-electron chi connectivity index (χ2n) is 6.47. The summed E-state index contributed by atoms with van der Waals surface area (Å²) < 4.78 is 32.2. The number of aromatic nitrogens is 1. The maximum absolute atomic E-state index is 12.2. The van der Waals surface area contributed by atoms with Crippen molar-refractivity contribution in [2.24, 2.45) is 0 Å². The molecular formula is C20H22N2O4S. The summed E-state index contributed by atoms with van der Waals surface area (Å²) in [6.45, 7) is 2.12. The molecule has 3 rings (SSSR count). The Labute approximate surface area is 158 Å². The minimum atomic E-state index is -3.46. The number of ether oxygens (including phenoxy) is 1. The first-order chi connectivity index (χ1) is 12.9. The molecule has 1 aromatic heterocycles. The first-order valence-electron chi connectivity index (χ1n) is 8.59. The number of benzene rings is 2. The van der Waals surface area contributed by atoms with E-state index < -0.39 is 10.0 Å². The van der Waals surface area contributed by atoms with E-state index in [9.17, 15) is 13.2 Å². The zero-order valence-electron chi connectivity index (χ0n) is 15.3. The van der Waals surface area contributed by atoms with E-state index in [4.69, 9.17) is 4.74 Å². The highest BCUT2D eigenvalue weighted by atomic mass is 32.2. The normalized spacial score (nSPS) is 11.6. The second kappa shape index (κ2) is 7.94. The molecule has 6 nitrogen and oxygen atoms in total. The third-order valence-electron chi connectivity index (χ3n) is 4.32. The smallest absolute Gasteiger partial charge is 0.251 e. The zero-order valence-corrected chi connectivity index (χ0v) is 16.1. The van der Waals surface area contributed by atoms with Gasteiger partial charge in [0.05, 0.1) is 18.4 Å². The summed E-state index contributed by atoms with van der Waals surface area (Å²) >= 11 is 0. The van der Waals surface area contributed by atoms with Crippen molar-refractivity contribution in [2.45, 2.75) is 19.1 Å². The SMILES string of the molecule is COc1ccc2cc(CCNS(=O)(=O)Cc3ccc(C)cc3)c(=O)[nH]c2c1. The number of hydrogen-bond acceptors (Lipinski definition) is 4. The number of pyridine rings is 1. The van der Waals surface area contributed by atoms with E-state index in [2.05, 4.69) is 9.71 Å². The van der Waals surface area contributed by atoms with Crippen LogP contribution in [0.3, 0.4) is 0 Å². The minimum absolute atomic E-state index is 0.0822. The molecule has 7 heteroatoms. The lowest BCUT2D eigenvalue weighted by molar-refractivity contribution is 0.415. The van der Waals surface area contributed by atoms with Crippen LogP contribution in [-0.2, 0) is 22.2 Å². The van der Waals surface area contributed by atoms with Crippen molar-refractivity contribution in [1.82, 2.24) is 9.71 Å². The number of H-pyrrole nitrogens is 1. The molecule has 0 amide bonds. The molecule has 0 saturated carbocycles. The monoisotopic (exact) mass is 386 g/mol. The van der Waals surface area contributed by atoms with Gasteiger partial charge in [0.2, 0.25) is 10.0 Å². The Bertz CT molecular complexity index is 1100. The fraction of sp³-hybridized carbons (Fsp3) is 0.250. The molecule has 0 aliphatic heterocycles. The molecule has 3 aromatic rings. The standard InChI is InChI=1S/C20H22N2O4S/c1-14-3-5-15(6-4-14)13-27(24,25)21-10-9-17-11-16-7-8-18(26-2)12-19(16)22-20(17)23/h3-8,11-12,21H,9-10,13H2,1-2H3,(H,22,23). The number of rotatable bonds is 7. The van der Waals surface area contributed by atoms with Gasteiger partial charge in [0.25, 0.3) is 5.56 Å². The van der Waals surface area contributed by atoms with Crippen molar-refractivity contribution in [2.75, 3.05) is 13.7 Å². The van der Waals surface area contributed by atoms with E-state index in [1.165, 1.54) is 0 Å². The largest absolute Gasteiger partial charge is 0.497 e. The van der Waals surface area contributed by atoms with Gasteiger partial charge in [-0.2, -0.15) is 0 Å². The third-order valence-corrected chi connectivity index (χ3v) is 5.68. The average Bonchev–Trinajstić information content (AvgIpc) is 2.63. The van der Waals surface area contributed by atoms with Crippen LogP contribution in [0.2, 0.25) is 0 Å². The average molecular weight is 386 g/mol. The fourth-order valence-corrected chi connectivity index (χ4v) is 3.98. The van der Waals surface area contributed by atoms with Crippen LogP contribution >= 0.6 is 0 Å². The molecule has 0 saturated heterocycles. The maximum atomic E-state index is 12.2. The highest BCUT2D eigenvalue weighted by Gasteiger charge is 2.12. The molecule has 0 atom stereocenters. The van der Waals surface area contributed by atoms with Gasteiger partial charge in [-0.1, -0.05) is 29.8 Å². The van der Waals surface area contributed by atoms with Crippen molar-refractivity contribution < 1.29 is 13.2 Å². The molecule has 1 heterocycles. The van der Waals surface area contributed by atoms with Crippen molar-refractivity contribution in [3.63, 3.8) is 0 Å². The molecule has 2 aromatic carbocycles. The van der Waals surface area contributed by atoms with Crippen molar-refractivity contribution in [1.29, 1.82) is 0 Å². The van der Waals surface area contributed by atoms with Crippen LogP contribution in [0.1, 0.15) is 16.7 Å². The van der Waals surface area contributed by atoms with Gasteiger partial charge in [0.1, 0.15) is 5.75 Å². The molecule has 0 bridgehead atoms. The topological polar surface area (TPSA) is 88.3 Å². The van der Waals surface area contributed by atoms with Gasteiger partial charge in [-0.15, -0.1) is 0 Å². The highest BCUT2D eigenvalue weighted by molar-refractivity contribution is 7.88. The summed E-state index contributed by atoms with van der Waals surface area (Å²) in [5.41, 5.74) is 2.80. The predicted molar refractivity (Wildman–Crippen MR) is 107 cm³/mol. The molecule has 0 aliphatic carbocycles. The number of fused-ring (bicyclic) bond motifs is 1. The van der Waals surface area contributed by atoms with Crippen LogP contribution in [0.4, 0.5) is 0 Å². The van der Waals surface area contributed by atoms with Crippen LogP contribution in [0.15, 0.2) is 53.3 Å². The Hall–Kier alpha value is -2.64. The Morgan fingerprint density at radius 3 is 2.52 bits per heavy atom. The number of aryl methyl sites for hydroxylation is 1. The van der Waals surface area contributed by atoms with Gasteiger partial charge in [0, 0.05) is 18.2 Å². The van der Waals surface area contributed by atoms with E-state index in [1.54, 1.807) is 31.4 Å². The van der Waals surface area contributed by atoms with Crippen molar-refractivity contribution >= 4 is 20.9 Å². The number of nitrogens with one attached hydrogen (secondary N) is 2. The molecular weight excluding hydrogens is 364 g/mol. The van der Waals surface area contributed by atoms with E-state index in [-0.39, 0.29) is 17.9 Å². The van der Waals surface area contributed by atoms with Crippen LogP contribution in [0.25, 0.3) is 10.9 Å². The van der Waals surface area contributed by atoms with Crippen LogP contribution < -0.4 is 15.0 Å². The molecule has 0 radical (unpaired) electrons. The predicted octanol–water partition coefficient (Wildman–Crippen LogP) is 2.51. The molecule has 0 fully saturated rings. The lowest BCUT2D eigenvalue weighted by Gasteiger charge is -2.08. The van der Waals surface area contributed by atoms with Gasteiger partial charge in [-0.25, -0.2) is 13.1 Å². The van der Waals surface area contributed by atoms with Crippen LogP contribution in [-0.4, -0.2) is 27.1 Å². The van der Waals surface area contributed by atoms with E-state index >= 15 is 0 Å².